The van der Waals surface area contributed by atoms with Gasteiger partial charge in [0, 0.05) is 13.5 Å². The number of fused-ring (bicyclic) bond motifs is 1. The molecule has 0 fully saturated rings. The van der Waals surface area contributed by atoms with E-state index in [1.807, 2.05) is 77.7 Å². The normalized spacial score (nSPS) is 14.1. The molecule has 1 amide bonds. The molecule has 42 heavy (non-hydrogen) atoms. The fourth-order valence-electron chi connectivity index (χ4n) is 5.48. The van der Waals surface area contributed by atoms with Crippen molar-refractivity contribution in [3.05, 3.63) is 113 Å². The fourth-order valence-corrected chi connectivity index (χ4v) is 5.48. The van der Waals surface area contributed by atoms with E-state index in [1.165, 1.54) is 0 Å². The Hall–Kier alpha value is -4.65. The van der Waals surface area contributed by atoms with E-state index in [0.29, 0.717) is 54.9 Å². The maximum Gasteiger partial charge on any atom is 0.219 e. The SMILES string of the molecule is COc1cc(CC2c3cc(OCc4ccccc4)c(OCc4ccccc4)cc3CCN2C(C)=O)cc(OC)c1OC. The molecule has 4 aromatic rings. The molecule has 0 N–H and O–H groups in total. The van der Waals surface area contributed by atoms with E-state index in [1.54, 1.807) is 28.3 Å². The minimum atomic E-state index is -0.212. The second-order valence-corrected chi connectivity index (χ2v) is 10.3. The van der Waals surface area contributed by atoms with Gasteiger partial charge in [-0.05, 0) is 64.9 Å². The molecule has 1 unspecified atom stereocenters. The van der Waals surface area contributed by atoms with Crippen LogP contribution in [0.15, 0.2) is 84.9 Å². The lowest BCUT2D eigenvalue weighted by Crippen LogP contribution is -2.39. The van der Waals surface area contributed by atoms with Crippen molar-refractivity contribution in [2.24, 2.45) is 0 Å². The zero-order valence-corrected chi connectivity index (χ0v) is 24.6. The summed E-state index contributed by atoms with van der Waals surface area (Å²) in [5.74, 6) is 3.05. The second kappa shape index (κ2) is 13.3. The summed E-state index contributed by atoms with van der Waals surface area (Å²) in [6.07, 6.45) is 1.28. The minimum Gasteiger partial charge on any atom is -0.493 e. The predicted octanol–water partition coefficient (Wildman–Crippen LogP) is 6.56. The van der Waals surface area contributed by atoms with Gasteiger partial charge in [0.15, 0.2) is 23.0 Å². The number of hydrogen-bond donors (Lipinski definition) is 0. The van der Waals surface area contributed by atoms with E-state index in [2.05, 4.69) is 12.1 Å². The Morgan fingerprint density at radius 1 is 0.714 bits per heavy atom. The summed E-state index contributed by atoms with van der Waals surface area (Å²) in [4.78, 5) is 14.8. The quantitative estimate of drug-likeness (QED) is 0.205. The Kier molecular flexibility index (Phi) is 9.17. The molecule has 0 radical (unpaired) electrons. The zero-order valence-electron chi connectivity index (χ0n) is 24.6. The van der Waals surface area contributed by atoms with Crippen LogP contribution in [0.25, 0.3) is 0 Å². The average molecular weight is 568 g/mol. The summed E-state index contributed by atoms with van der Waals surface area (Å²) in [5, 5.41) is 0. The van der Waals surface area contributed by atoms with Crippen molar-refractivity contribution in [1.29, 1.82) is 0 Å². The topological polar surface area (TPSA) is 66.5 Å². The van der Waals surface area contributed by atoms with Crippen LogP contribution in [-0.4, -0.2) is 38.7 Å². The molecule has 7 heteroatoms. The van der Waals surface area contributed by atoms with Crippen LogP contribution in [0.3, 0.4) is 0 Å². The van der Waals surface area contributed by atoms with Crippen LogP contribution in [0.4, 0.5) is 0 Å². The Labute approximate surface area is 247 Å². The number of carbonyl (C=O) groups is 1. The maximum atomic E-state index is 12.9. The van der Waals surface area contributed by atoms with E-state index < -0.39 is 0 Å². The van der Waals surface area contributed by atoms with Gasteiger partial charge in [0.25, 0.3) is 0 Å². The van der Waals surface area contributed by atoms with Gasteiger partial charge in [0.1, 0.15) is 13.2 Å². The van der Waals surface area contributed by atoms with Gasteiger partial charge in [-0.25, -0.2) is 0 Å². The lowest BCUT2D eigenvalue weighted by molar-refractivity contribution is -0.131. The van der Waals surface area contributed by atoms with Gasteiger partial charge in [-0.15, -0.1) is 0 Å². The van der Waals surface area contributed by atoms with Crippen molar-refractivity contribution in [3.63, 3.8) is 0 Å². The Morgan fingerprint density at radius 3 is 1.76 bits per heavy atom. The third kappa shape index (κ3) is 6.46. The number of benzene rings is 4. The molecule has 0 aromatic heterocycles. The van der Waals surface area contributed by atoms with Crippen LogP contribution in [0.2, 0.25) is 0 Å². The second-order valence-electron chi connectivity index (χ2n) is 10.3. The van der Waals surface area contributed by atoms with Crippen molar-refractivity contribution >= 4 is 5.91 Å². The first kappa shape index (κ1) is 28.9. The highest BCUT2D eigenvalue weighted by Crippen LogP contribution is 2.43. The van der Waals surface area contributed by atoms with Crippen molar-refractivity contribution < 1.29 is 28.5 Å². The predicted molar refractivity (Wildman–Crippen MR) is 162 cm³/mol. The fraction of sp³-hybridized carbons (Fsp3) is 0.286. The van der Waals surface area contributed by atoms with Crippen molar-refractivity contribution in [2.75, 3.05) is 27.9 Å². The number of rotatable bonds is 11. The summed E-state index contributed by atoms with van der Waals surface area (Å²) in [7, 11) is 4.79. The van der Waals surface area contributed by atoms with Crippen LogP contribution in [0, 0.1) is 0 Å². The number of hydrogen-bond acceptors (Lipinski definition) is 6. The molecule has 4 aromatic carbocycles. The molecule has 218 valence electrons. The molecule has 1 aliphatic rings. The van der Waals surface area contributed by atoms with Crippen LogP contribution < -0.4 is 23.7 Å². The molecule has 0 saturated heterocycles. The number of carbonyl (C=O) groups excluding carboxylic acids is 1. The molecular weight excluding hydrogens is 530 g/mol. The summed E-state index contributed by atoms with van der Waals surface area (Å²) in [6, 6.07) is 27.9. The summed E-state index contributed by atoms with van der Waals surface area (Å²) >= 11 is 0. The average Bonchev–Trinajstić information content (AvgIpc) is 3.03. The molecule has 1 heterocycles. The molecular formula is C35H37NO6. The highest BCUT2D eigenvalue weighted by molar-refractivity contribution is 5.74. The molecule has 5 rings (SSSR count). The van der Waals surface area contributed by atoms with E-state index in [4.69, 9.17) is 23.7 Å². The van der Waals surface area contributed by atoms with Gasteiger partial charge in [0.05, 0.1) is 27.4 Å². The highest BCUT2D eigenvalue weighted by Gasteiger charge is 2.31. The van der Waals surface area contributed by atoms with Crippen LogP contribution in [0.1, 0.15) is 40.8 Å². The third-order valence-corrected chi connectivity index (χ3v) is 7.60. The lowest BCUT2D eigenvalue weighted by atomic mass is 9.88. The third-order valence-electron chi connectivity index (χ3n) is 7.60. The maximum absolute atomic E-state index is 12.9. The Morgan fingerprint density at radius 2 is 1.26 bits per heavy atom. The summed E-state index contributed by atoms with van der Waals surface area (Å²) in [6.45, 7) is 3.06. The van der Waals surface area contributed by atoms with E-state index in [0.717, 1.165) is 34.2 Å². The van der Waals surface area contributed by atoms with Crippen LogP contribution >= 0.6 is 0 Å². The molecule has 0 spiro atoms. The molecule has 1 aliphatic heterocycles. The van der Waals surface area contributed by atoms with Gasteiger partial charge in [-0.2, -0.15) is 0 Å². The highest BCUT2D eigenvalue weighted by atomic mass is 16.5. The first-order valence-corrected chi connectivity index (χ1v) is 14.1. The van der Waals surface area contributed by atoms with Gasteiger partial charge >= 0.3 is 0 Å². The van der Waals surface area contributed by atoms with E-state index in [-0.39, 0.29) is 11.9 Å². The minimum absolute atomic E-state index is 0.0225. The van der Waals surface area contributed by atoms with Crippen molar-refractivity contribution in [2.45, 2.75) is 39.0 Å². The van der Waals surface area contributed by atoms with Gasteiger partial charge < -0.3 is 28.6 Å². The molecule has 0 bridgehead atoms. The molecule has 1 atom stereocenters. The first-order chi connectivity index (χ1) is 20.5. The number of methoxy groups -OCH3 is 3. The lowest BCUT2D eigenvalue weighted by Gasteiger charge is -2.37. The number of ether oxygens (including phenoxy) is 5. The standard InChI is InChI=1S/C35H37NO6/c1-24(37)36-16-15-28-20-31(41-22-25-11-7-5-8-12-25)32(42-23-26-13-9-6-10-14-26)21-29(28)30(36)17-27-18-33(38-2)35(40-4)34(19-27)39-3/h5-14,18-21,30H,15-17,22-23H2,1-4H3. The Balaban J connectivity index is 1.53. The monoisotopic (exact) mass is 567 g/mol. The Bertz CT molecular complexity index is 1480. The zero-order chi connectivity index (χ0) is 29.5. The molecule has 0 aliphatic carbocycles. The van der Waals surface area contributed by atoms with Gasteiger partial charge in [0.2, 0.25) is 11.7 Å². The van der Waals surface area contributed by atoms with Crippen LogP contribution in [-0.2, 0) is 30.8 Å². The first-order valence-electron chi connectivity index (χ1n) is 14.1. The largest absolute Gasteiger partial charge is 0.493 e. The van der Waals surface area contributed by atoms with Crippen molar-refractivity contribution in [3.8, 4) is 28.7 Å². The van der Waals surface area contributed by atoms with Gasteiger partial charge in [-0.3, -0.25) is 4.79 Å². The smallest absolute Gasteiger partial charge is 0.219 e. The summed E-state index contributed by atoms with van der Waals surface area (Å²) < 4.78 is 29.5. The molecule has 0 saturated carbocycles. The number of nitrogens with zero attached hydrogens (tertiary/aromatic N) is 1. The molecule has 7 nitrogen and oxygen atoms in total. The van der Waals surface area contributed by atoms with Gasteiger partial charge in [-0.1, -0.05) is 60.7 Å². The van der Waals surface area contributed by atoms with E-state index in [9.17, 15) is 4.79 Å². The number of amides is 1. The van der Waals surface area contributed by atoms with E-state index >= 15 is 0 Å². The summed E-state index contributed by atoms with van der Waals surface area (Å²) in [5.41, 5.74) is 5.28. The van der Waals surface area contributed by atoms with Crippen LogP contribution in [0.5, 0.6) is 28.7 Å². The van der Waals surface area contributed by atoms with Crippen molar-refractivity contribution in [1.82, 2.24) is 4.90 Å².